The van der Waals surface area contributed by atoms with Crippen molar-refractivity contribution < 1.29 is 22.0 Å². The summed E-state index contributed by atoms with van der Waals surface area (Å²) in [5.41, 5.74) is 0.573. The van der Waals surface area contributed by atoms with Crippen molar-refractivity contribution in [1.82, 2.24) is 20.2 Å². The summed E-state index contributed by atoms with van der Waals surface area (Å²) in [5, 5.41) is 8.61. The number of anilines is 5. The topological polar surface area (TPSA) is 128 Å². The average Bonchev–Trinajstić information content (AvgIpc) is 2.88. The Balaban J connectivity index is 1.46. The van der Waals surface area contributed by atoms with Crippen molar-refractivity contribution >= 4 is 56.4 Å². The van der Waals surface area contributed by atoms with Crippen LogP contribution in [0.1, 0.15) is 44.0 Å². The molecule has 1 fully saturated rings. The lowest BCUT2D eigenvalue weighted by molar-refractivity contribution is 0.0913. The molecular formula is C27H32ClF2N7O3S. The zero-order chi connectivity index (χ0) is 29.9. The highest BCUT2D eigenvalue weighted by Gasteiger charge is 2.29. The molecule has 0 saturated carbocycles. The second kappa shape index (κ2) is 12.1. The van der Waals surface area contributed by atoms with Crippen molar-refractivity contribution in [1.29, 1.82) is 0 Å². The molecule has 1 amide bonds. The number of sulfonamides is 1. The second-order valence-corrected chi connectivity index (χ2v) is 13.6. The third-order valence-corrected chi connectivity index (χ3v) is 8.98. The highest BCUT2D eigenvalue weighted by molar-refractivity contribution is 7.94. The van der Waals surface area contributed by atoms with E-state index in [-0.39, 0.29) is 39.8 Å². The Labute approximate surface area is 243 Å². The maximum Gasteiger partial charge on any atom is 0.254 e. The molecule has 10 nitrogen and oxygen atoms in total. The Morgan fingerprint density at radius 2 is 1.68 bits per heavy atom. The van der Waals surface area contributed by atoms with E-state index in [1.54, 1.807) is 20.8 Å². The van der Waals surface area contributed by atoms with Crippen molar-refractivity contribution in [2.24, 2.45) is 0 Å². The van der Waals surface area contributed by atoms with Crippen LogP contribution >= 0.6 is 11.6 Å². The number of carbonyl (C=O) groups is 1. The number of carbonyl (C=O) groups excluding carboxylic acids is 1. The highest BCUT2D eigenvalue weighted by atomic mass is 35.5. The lowest BCUT2D eigenvalue weighted by atomic mass is 10.0. The number of benzene rings is 2. The van der Waals surface area contributed by atoms with Gasteiger partial charge in [0.05, 0.1) is 27.2 Å². The molecule has 4 rings (SSSR count). The minimum Gasteiger partial charge on any atom is -0.349 e. The van der Waals surface area contributed by atoms with Gasteiger partial charge in [0.2, 0.25) is 16.0 Å². The van der Waals surface area contributed by atoms with E-state index in [1.165, 1.54) is 30.3 Å². The molecule has 3 aromatic rings. The zero-order valence-corrected chi connectivity index (χ0v) is 24.6. The van der Waals surface area contributed by atoms with Crippen LogP contribution < -0.4 is 20.7 Å². The van der Waals surface area contributed by atoms with Gasteiger partial charge in [-0.25, -0.2) is 22.2 Å². The molecule has 2 aromatic carbocycles. The lowest BCUT2D eigenvalue weighted by Crippen LogP contribution is -2.43. The van der Waals surface area contributed by atoms with Gasteiger partial charge in [0, 0.05) is 17.4 Å². The van der Waals surface area contributed by atoms with Gasteiger partial charge in [0.1, 0.15) is 5.82 Å². The van der Waals surface area contributed by atoms with Crippen molar-refractivity contribution in [2.45, 2.75) is 44.4 Å². The fourth-order valence-corrected chi connectivity index (χ4v) is 4.94. The smallest absolute Gasteiger partial charge is 0.254 e. The van der Waals surface area contributed by atoms with Crippen molar-refractivity contribution in [3.05, 3.63) is 64.8 Å². The normalized spacial score (nSPS) is 14.9. The Morgan fingerprint density at radius 1 is 1.02 bits per heavy atom. The van der Waals surface area contributed by atoms with Gasteiger partial charge >= 0.3 is 0 Å². The summed E-state index contributed by atoms with van der Waals surface area (Å²) in [6.07, 6.45) is 2.52. The standard InChI is InChI=1S/C27H32ClF2N7O3S/c1-27(2,3)41(39,40)36-23-14-18(6-8-20(23)28)32-24-22(30)15-31-26(35-24)34-17-5-7-19(21(29)13-17)25(38)33-16-9-11-37(4)12-10-16/h5-8,13-16,36H,9-12H2,1-4H3,(H,33,38)(H2,31,32,34,35). The molecule has 14 heteroatoms. The first-order valence-electron chi connectivity index (χ1n) is 12.9. The molecule has 1 aromatic heterocycles. The van der Waals surface area contributed by atoms with Crippen LogP contribution in [0.5, 0.6) is 0 Å². The van der Waals surface area contributed by atoms with Gasteiger partial charge in [-0.1, -0.05) is 11.6 Å². The van der Waals surface area contributed by atoms with Gasteiger partial charge in [-0.2, -0.15) is 4.98 Å². The van der Waals surface area contributed by atoms with Crippen LogP contribution in [0.15, 0.2) is 42.6 Å². The van der Waals surface area contributed by atoms with Gasteiger partial charge in [-0.3, -0.25) is 9.52 Å². The number of nitrogens with one attached hydrogen (secondary N) is 4. The number of halogens is 3. The monoisotopic (exact) mass is 607 g/mol. The van der Waals surface area contributed by atoms with Gasteiger partial charge in [0.25, 0.3) is 5.91 Å². The maximum absolute atomic E-state index is 14.8. The molecule has 0 atom stereocenters. The molecule has 1 saturated heterocycles. The molecule has 0 unspecified atom stereocenters. The molecule has 2 heterocycles. The summed E-state index contributed by atoms with van der Waals surface area (Å²) in [6, 6.07) is 8.37. The molecule has 4 N–H and O–H groups in total. The molecular weight excluding hydrogens is 576 g/mol. The number of piperidine rings is 1. The Kier molecular flexibility index (Phi) is 9.00. The summed E-state index contributed by atoms with van der Waals surface area (Å²) in [4.78, 5) is 22.8. The predicted octanol–water partition coefficient (Wildman–Crippen LogP) is 5.26. The molecule has 1 aliphatic rings. The van der Waals surface area contributed by atoms with E-state index in [9.17, 15) is 22.0 Å². The summed E-state index contributed by atoms with van der Waals surface area (Å²) in [5.74, 6) is -2.26. The Morgan fingerprint density at radius 3 is 2.34 bits per heavy atom. The maximum atomic E-state index is 14.8. The first-order chi connectivity index (χ1) is 19.2. The molecule has 1 aliphatic heterocycles. The molecule has 0 bridgehead atoms. The van der Waals surface area contributed by atoms with Crippen LogP contribution in [0.2, 0.25) is 5.02 Å². The second-order valence-electron chi connectivity index (χ2n) is 10.8. The third kappa shape index (κ3) is 7.60. The number of hydrogen-bond acceptors (Lipinski definition) is 8. The SMILES string of the molecule is CN1CCC(NC(=O)c2ccc(Nc3ncc(F)c(Nc4ccc(Cl)c(NS(=O)(=O)C(C)(C)C)c4)n3)cc2F)CC1. The van der Waals surface area contributed by atoms with E-state index < -0.39 is 32.3 Å². The minimum atomic E-state index is -3.76. The highest BCUT2D eigenvalue weighted by Crippen LogP contribution is 2.31. The summed E-state index contributed by atoms with van der Waals surface area (Å²) in [7, 11) is -1.75. The van der Waals surface area contributed by atoms with E-state index in [0.29, 0.717) is 5.69 Å². The van der Waals surface area contributed by atoms with Gasteiger partial charge in [-0.15, -0.1) is 0 Å². The van der Waals surface area contributed by atoms with E-state index in [1.807, 2.05) is 7.05 Å². The number of hydrogen-bond donors (Lipinski definition) is 4. The minimum absolute atomic E-state index is 0.00942. The van der Waals surface area contributed by atoms with E-state index in [4.69, 9.17) is 11.6 Å². The summed E-state index contributed by atoms with van der Waals surface area (Å²) >= 11 is 6.18. The van der Waals surface area contributed by atoms with E-state index in [0.717, 1.165) is 38.2 Å². The van der Waals surface area contributed by atoms with Crippen LogP contribution in [-0.4, -0.2) is 60.1 Å². The number of likely N-dealkylation sites (tertiary alicyclic amines) is 1. The number of amides is 1. The molecule has 41 heavy (non-hydrogen) atoms. The van der Waals surface area contributed by atoms with Crippen molar-refractivity contribution in [3.63, 3.8) is 0 Å². The molecule has 0 aliphatic carbocycles. The van der Waals surface area contributed by atoms with Crippen LogP contribution in [0.4, 0.5) is 37.6 Å². The number of aromatic nitrogens is 2. The largest absolute Gasteiger partial charge is 0.349 e. The zero-order valence-electron chi connectivity index (χ0n) is 23.1. The summed E-state index contributed by atoms with van der Waals surface area (Å²) in [6.45, 7) is 6.35. The van der Waals surface area contributed by atoms with Crippen LogP contribution in [0, 0.1) is 11.6 Å². The quantitative estimate of drug-likeness (QED) is 0.273. The molecule has 220 valence electrons. The van der Waals surface area contributed by atoms with Crippen molar-refractivity contribution in [2.75, 3.05) is 35.5 Å². The fraction of sp³-hybridized carbons (Fsp3) is 0.370. The predicted molar refractivity (Wildman–Crippen MR) is 157 cm³/mol. The Hall–Kier alpha value is -3.55. The fourth-order valence-electron chi connectivity index (χ4n) is 3.95. The number of nitrogens with zero attached hydrogens (tertiary/aromatic N) is 3. The first-order valence-corrected chi connectivity index (χ1v) is 14.8. The van der Waals surface area contributed by atoms with Gasteiger partial charge in [0.15, 0.2) is 11.6 Å². The van der Waals surface area contributed by atoms with Crippen LogP contribution in [0.3, 0.4) is 0 Å². The Bertz CT molecular complexity index is 1540. The van der Waals surface area contributed by atoms with Crippen molar-refractivity contribution in [3.8, 4) is 0 Å². The lowest BCUT2D eigenvalue weighted by Gasteiger charge is -2.29. The number of rotatable bonds is 8. The van der Waals surface area contributed by atoms with Crippen LogP contribution in [-0.2, 0) is 10.0 Å². The van der Waals surface area contributed by atoms with Gasteiger partial charge in [-0.05, 0) is 90.1 Å². The third-order valence-electron chi connectivity index (χ3n) is 6.55. The molecule has 0 radical (unpaired) electrons. The first kappa shape index (κ1) is 30.4. The molecule has 0 spiro atoms. The average molecular weight is 608 g/mol. The van der Waals surface area contributed by atoms with E-state index in [2.05, 4.69) is 35.5 Å². The van der Waals surface area contributed by atoms with Gasteiger partial charge < -0.3 is 20.9 Å². The van der Waals surface area contributed by atoms with Crippen LogP contribution in [0.25, 0.3) is 0 Å². The van der Waals surface area contributed by atoms with E-state index >= 15 is 0 Å². The summed E-state index contributed by atoms with van der Waals surface area (Å²) < 4.78 is 55.9.